The number of para-hydroxylation sites is 1. The molecule has 108 valence electrons. The third-order valence-corrected chi connectivity index (χ3v) is 4.52. The van der Waals surface area contributed by atoms with Crippen LogP contribution < -0.4 is 5.32 Å². The molecule has 0 saturated heterocycles. The summed E-state index contributed by atoms with van der Waals surface area (Å²) < 4.78 is 0. The van der Waals surface area contributed by atoms with Gasteiger partial charge in [0.1, 0.15) is 0 Å². The molecule has 1 N–H and O–H groups in total. The predicted octanol–water partition coefficient (Wildman–Crippen LogP) is 2.71. The molecule has 0 saturated carbocycles. The summed E-state index contributed by atoms with van der Waals surface area (Å²) in [6.07, 6.45) is 2.90. The molecular formula is C17H25N3. The summed E-state index contributed by atoms with van der Waals surface area (Å²) in [4.78, 5) is 6.72. The van der Waals surface area contributed by atoms with E-state index in [2.05, 4.69) is 67.4 Å². The highest BCUT2D eigenvalue weighted by atomic mass is 15.2. The number of nitrogens with one attached hydrogen (secondary N) is 1. The third kappa shape index (κ3) is 2.84. The van der Waals surface area contributed by atoms with Gasteiger partial charge in [0.15, 0.2) is 0 Å². The first kappa shape index (κ1) is 14.9. The van der Waals surface area contributed by atoms with Gasteiger partial charge in [-0.3, -0.25) is 4.98 Å². The molecule has 1 aromatic heterocycles. The van der Waals surface area contributed by atoms with Gasteiger partial charge < -0.3 is 10.2 Å². The van der Waals surface area contributed by atoms with Crippen molar-refractivity contribution >= 4 is 10.9 Å². The van der Waals surface area contributed by atoms with Gasteiger partial charge in [0.05, 0.1) is 5.52 Å². The van der Waals surface area contributed by atoms with Crippen molar-refractivity contribution in [2.75, 3.05) is 21.1 Å². The van der Waals surface area contributed by atoms with Gasteiger partial charge in [-0.15, -0.1) is 0 Å². The van der Waals surface area contributed by atoms with Gasteiger partial charge in [-0.25, -0.2) is 0 Å². The van der Waals surface area contributed by atoms with Crippen molar-refractivity contribution in [2.24, 2.45) is 0 Å². The summed E-state index contributed by atoms with van der Waals surface area (Å²) in [6.45, 7) is 4.55. The molecule has 0 aliphatic rings. The van der Waals surface area contributed by atoms with Crippen LogP contribution in [-0.4, -0.2) is 42.6 Å². The van der Waals surface area contributed by atoms with Crippen LogP contribution in [0.5, 0.6) is 0 Å². The first-order chi connectivity index (χ1) is 9.46. The number of likely N-dealkylation sites (N-methyl/N-ethyl adjacent to an activating group) is 2. The van der Waals surface area contributed by atoms with Crippen LogP contribution in [0.3, 0.4) is 0 Å². The summed E-state index contributed by atoms with van der Waals surface area (Å²) in [7, 11) is 6.31. The van der Waals surface area contributed by atoms with Crippen LogP contribution in [0, 0.1) is 0 Å². The van der Waals surface area contributed by atoms with Gasteiger partial charge in [0, 0.05) is 23.2 Å². The molecule has 0 spiro atoms. The van der Waals surface area contributed by atoms with Crippen LogP contribution in [0.4, 0.5) is 0 Å². The van der Waals surface area contributed by atoms with Crippen molar-refractivity contribution in [3.63, 3.8) is 0 Å². The Bertz CT molecular complexity index is 570. The zero-order chi connectivity index (χ0) is 14.8. The number of aromatic nitrogens is 1. The van der Waals surface area contributed by atoms with Gasteiger partial charge in [0.25, 0.3) is 0 Å². The number of fused-ring (bicyclic) bond motifs is 1. The van der Waals surface area contributed by atoms with Crippen LogP contribution in [-0.2, 0) is 6.42 Å². The maximum Gasteiger partial charge on any atom is 0.0704 e. The average molecular weight is 271 g/mol. The Kier molecular flexibility index (Phi) is 4.41. The van der Waals surface area contributed by atoms with E-state index in [1.54, 1.807) is 0 Å². The lowest BCUT2D eigenvalue weighted by Gasteiger charge is -2.40. The van der Waals surface area contributed by atoms with Crippen LogP contribution >= 0.6 is 0 Å². The van der Waals surface area contributed by atoms with Crippen LogP contribution in [0.25, 0.3) is 10.9 Å². The number of pyridine rings is 1. The Labute approximate surface area is 122 Å². The molecule has 1 unspecified atom stereocenters. The summed E-state index contributed by atoms with van der Waals surface area (Å²) in [5.41, 5.74) is 2.51. The van der Waals surface area contributed by atoms with E-state index < -0.39 is 0 Å². The highest BCUT2D eigenvalue weighted by Gasteiger charge is 2.30. The lowest BCUT2D eigenvalue weighted by Crippen LogP contribution is -2.55. The Balaban J connectivity index is 2.35. The first-order valence-electron chi connectivity index (χ1n) is 7.14. The Morgan fingerprint density at radius 1 is 1.20 bits per heavy atom. The summed E-state index contributed by atoms with van der Waals surface area (Å²) >= 11 is 0. The van der Waals surface area contributed by atoms with Crippen molar-refractivity contribution in [3.8, 4) is 0 Å². The number of rotatable bonds is 5. The number of hydrogen-bond donors (Lipinski definition) is 1. The SMILES string of the molecule is CNC(Cc1ccnc2ccccc12)C(C)(C)N(C)C. The Hall–Kier alpha value is -1.45. The second-order valence-corrected chi connectivity index (χ2v) is 6.08. The normalized spacial score (nSPS) is 13.9. The molecule has 1 heterocycles. The molecular weight excluding hydrogens is 246 g/mol. The lowest BCUT2D eigenvalue weighted by molar-refractivity contribution is 0.142. The molecule has 3 heteroatoms. The second-order valence-electron chi connectivity index (χ2n) is 6.08. The van der Waals surface area contributed by atoms with E-state index in [1.807, 2.05) is 19.3 Å². The molecule has 0 radical (unpaired) electrons. The van der Waals surface area contributed by atoms with Crippen LogP contribution in [0.1, 0.15) is 19.4 Å². The highest BCUT2D eigenvalue weighted by molar-refractivity contribution is 5.81. The topological polar surface area (TPSA) is 28.2 Å². The van der Waals surface area contributed by atoms with E-state index in [-0.39, 0.29) is 5.54 Å². The largest absolute Gasteiger partial charge is 0.315 e. The molecule has 2 aromatic rings. The first-order valence-corrected chi connectivity index (χ1v) is 7.14. The number of benzene rings is 1. The molecule has 1 aromatic carbocycles. The molecule has 20 heavy (non-hydrogen) atoms. The minimum atomic E-state index is 0.0825. The van der Waals surface area contributed by atoms with Crippen molar-refractivity contribution in [2.45, 2.75) is 31.8 Å². The molecule has 0 fully saturated rings. The molecule has 0 amide bonds. The van der Waals surface area contributed by atoms with Gasteiger partial charge in [-0.1, -0.05) is 18.2 Å². The van der Waals surface area contributed by atoms with E-state index in [4.69, 9.17) is 0 Å². The fraction of sp³-hybridized carbons (Fsp3) is 0.471. The van der Waals surface area contributed by atoms with E-state index in [0.29, 0.717) is 6.04 Å². The van der Waals surface area contributed by atoms with Crippen molar-refractivity contribution in [3.05, 3.63) is 42.1 Å². The standard InChI is InChI=1S/C17H25N3/c1-17(2,20(4)5)16(18-3)12-13-10-11-19-15-9-7-6-8-14(13)15/h6-11,16,18H,12H2,1-5H3. The molecule has 0 aliphatic carbocycles. The van der Waals surface area contributed by atoms with Gasteiger partial charge in [-0.2, -0.15) is 0 Å². The smallest absolute Gasteiger partial charge is 0.0704 e. The fourth-order valence-electron chi connectivity index (χ4n) is 2.57. The van der Waals surface area contributed by atoms with E-state index >= 15 is 0 Å². The summed E-state index contributed by atoms with van der Waals surface area (Å²) in [5.74, 6) is 0. The molecule has 1 atom stereocenters. The predicted molar refractivity (Wildman–Crippen MR) is 86.1 cm³/mol. The third-order valence-electron chi connectivity index (χ3n) is 4.52. The Morgan fingerprint density at radius 2 is 1.90 bits per heavy atom. The summed E-state index contributed by atoms with van der Waals surface area (Å²) in [5, 5.41) is 4.73. The van der Waals surface area contributed by atoms with Crippen molar-refractivity contribution in [1.82, 2.24) is 15.2 Å². The number of hydrogen-bond acceptors (Lipinski definition) is 3. The zero-order valence-corrected chi connectivity index (χ0v) is 13.1. The average Bonchev–Trinajstić information content (AvgIpc) is 2.44. The molecule has 0 aliphatic heterocycles. The minimum Gasteiger partial charge on any atom is -0.315 e. The highest BCUT2D eigenvalue weighted by Crippen LogP contribution is 2.23. The molecule has 0 bridgehead atoms. The second kappa shape index (κ2) is 5.90. The van der Waals surface area contributed by atoms with E-state index in [9.17, 15) is 0 Å². The van der Waals surface area contributed by atoms with Crippen LogP contribution in [0.15, 0.2) is 36.5 Å². The van der Waals surface area contributed by atoms with Crippen LogP contribution in [0.2, 0.25) is 0 Å². The zero-order valence-electron chi connectivity index (χ0n) is 13.1. The van der Waals surface area contributed by atoms with Gasteiger partial charge >= 0.3 is 0 Å². The van der Waals surface area contributed by atoms with Crippen molar-refractivity contribution in [1.29, 1.82) is 0 Å². The van der Waals surface area contributed by atoms with Crippen molar-refractivity contribution < 1.29 is 0 Å². The van der Waals surface area contributed by atoms with E-state index in [1.165, 1.54) is 10.9 Å². The number of nitrogens with zero attached hydrogens (tertiary/aromatic N) is 2. The monoisotopic (exact) mass is 271 g/mol. The molecule has 3 nitrogen and oxygen atoms in total. The fourth-order valence-corrected chi connectivity index (χ4v) is 2.57. The maximum absolute atomic E-state index is 4.44. The van der Waals surface area contributed by atoms with E-state index in [0.717, 1.165) is 11.9 Å². The molecule has 2 rings (SSSR count). The lowest BCUT2D eigenvalue weighted by atomic mass is 9.87. The Morgan fingerprint density at radius 3 is 2.55 bits per heavy atom. The summed E-state index contributed by atoms with van der Waals surface area (Å²) in [6, 6.07) is 10.9. The van der Waals surface area contributed by atoms with Gasteiger partial charge in [-0.05, 0) is 59.1 Å². The quantitative estimate of drug-likeness (QED) is 0.906. The minimum absolute atomic E-state index is 0.0825. The van der Waals surface area contributed by atoms with Gasteiger partial charge in [0.2, 0.25) is 0 Å². The maximum atomic E-state index is 4.44.